The number of aromatic hydroxyl groups is 1. The minimum atomic E-state index is -0.898. The summed E-state index contributed by atoms with van der Waals surface area (Å²) in [4.78, 5) is 18.5. The molecule has 0 unspecified atom stereocenters. The van der Waals surface area contributed by atoms with E-state index in [9.17, 15) is 9.50 Å². The normalized spacial score (nSPS) is 28.6. The number of ether oxygens (including phenoxy) is 2. The van der Waals surface area contributed by atoms with Crippen LogP contribution in [0.1, 0.15) is 31.2 Å². The Balaban J connectivity index is 1.24. The van der Waals surface area contributed by atoms with Gasteiger partial charge in [0.1, 0.15) is 47.5 Å². The number of aromatic nitrogens is 3. The van der Waals surface area contributed by atoms with Crippen molar-refractivity contribution < 1.29 is 23.4 Å². The van der Waals surface area contributed by atoms with Gasteiger partial charge in [0, 0.05) is 48.1 Å². The van der Waals surface area contributed by atoms with Gasteiger partial charge in [0.2, 0.25) is 5.88 Å². The van der Waals surface area contributed by atoms with Crippen molar-refractivity contribution in [1.29, 1.82) is 0 Å². The second-order valence-electron chi connectivity index (χ2n) is 12.8. The average Bonchev–Trinajstić information content (AvgIpc) is 3.48. The number of halogens is 2. The zero-order valence-corrected chi connectivity index (χ0v) is 23.9. The van der Waals surface area contributed by atoms with Crippen LogP contribution in [0.25, 0.3) is 32.9 Å². The number of hydrogen-bond donors (Lipinski definition) is 2. The molecule has 8 heterocycles. The van der Waals surface area contributed by atoms with Gasteiger partial charge >= 0.3 is 6.01 Å². The molecule has 0 aliphatic carbocycles. The molecule has 4 aromatic rings. The van der Waals surface area contributed by atoms with Gasteiger partial charge in [-0.05, 0) is 49.4 Å². The minimum Gasteiger partial charge on any atom is -0.508 e. The first-order valence-electron chi connectivity index (χ1n) is 15.2. The van der Waals surface area contributed by atoms with E-state index in [-0.39, 0.29) is 47.5 Å². The number of rotatable bonds is 4. The maximum atomic E-state index is 16.9. The molecule has 9 nitrogen and oxygen atoms in total. The molecule has 2 N–H and O–H groups in total. The molecule has 5 atom stereocenters. The number of phenols is 1. The summed E-state index contributed by atoms with van der Waals surface area (Å²) < 4.78 is 44.0. The van der Waals surface area contributed by atoms with Gasteiger partial charge in [0.15, 0.2) is 5.82 Å². The third-order valence-electron chi connectivity index (χ3n) is 10.2. The Morgan fingerprint density at radius 1 is 1.20 bits per heavy atom. The molecule has 0 radical (unpaired) electrons. The largest absolute Gasteiger partial charge is 0.508 e. The zero-order chi connectivity index (χ0) is 29.7. The van der Waals surface area contributed by atoms with Crippen LogP contribution in [0.2, 0.25) is 0 Å². The summed E-state index contributed by atoms with van der Waals surface area (Å²) in [5.41, 5.74) is 0.451. The van der Waals surface area contributed by atoms with Crippen LogP contribution in [0.15, 0.2) is 30.3 Å². The highest BCUT2D eigenvalue weighted by Gasteiger charge is 2.50. The predicted molar refractivity (Wildman–Crippen MR) is 160 cm³/mol. The quantitative estimate of drug-likeness (QED) is 0.340. The van der Waals surface area contributed by atoms with Crippen LogP contribution in [0, 0.1) is 18.2 Å². The Hall–Kier alpha value is -4.27. The molecule has 224 valence electrons. The summed E-state index contributed by atoms with van der Waals surface area (Å²) in [6.07, 6.45) is 8.18. The highest BCUT2D eigenvalue weighted by molar-refractivity contribution is 6.04. The SMILES string of the molecule is C#Cc1cccc2cc(O)cc(-c3nc4c5c(nc(OC[C@@]67CCCN6C[C@H](F)C7)nc5c3F)N3C[C@H]5C[C@H](N5)[C@H]3CO4)c12. The summed E-state index contributed by atoms with van der Waals surface area (Å²) in [6, 6.07) is 8.94. The summed E-state index contributed by atoms with van der Waals surface area (Å²) in [5.74, 6) is 2.68. The lowest BCUT2D eigenvalue weighted by Gasteiger charge is -2.53. The molecule has 2 aromatic carbocycles. The molecule has 44 heavy (non-hydrogen) atoms. The predicted octanol–water partition coefficient (Wildman–Crippen LogP) is 3.94. The van der Waals surface area contributed by atoms with E-state index >= 15 is 4.39 Å². The van der Waals surface area contributed by atoms with Crippen molar-refractivity contribution in [3.8, 4) is 41.2 Å². The van der Waals surface area contributed by atoms with Crippen LogP contribution in [-0.2, 0) is 0 Å². The fourth-order valence-corrected chi connectivity index (χ4v) is 8.21. The first kappa shape index (κ1) is 26.2. The molecule has 6 aliphatic rings. The van der Waals surface area contributed by atoms with Gasteiger partial charge in [-0.3, -0.25) is 4.90 Å². The van der Waals surface area contributed by atoms with E-state index in [0.29, 0.717) is 65.3 Å². The standard InChI is InChI=1S/C33H30F2N6O3/c1-2-17-5-3-6-18-9-21(42)11-22(25(17)18)28-27(35)29-26-30(41-14-20-10-23(36-20)24(41)15-43-31(26)37-28)39-32(38-29)44-16-33-7-4-8-40(33)13-19(34)12-33/h1,3,5-6,9,11,19-20,23-24,36,42H,4,7-8,10,12-16H2/t19-,20-,23+,24-,33+/m1/s1. The highest BCUT2D eigenvalue weighted by atomic mass is 19.1. The molecule has 0 saturated carbocycles. The Labute approximate surface area is 252 Å². The Kier molecular flexibility index (Phi) is 5.57. The van der Waals surface area contributed by atoms with Crippen LogP contribution in [0.3, 0.4) is 0 Å². The van der Waals surface area contributed by atoms with E-state index in [1.807, 2.05) is 6.07 Å². The number of terminal acetylenes is 1. The van der Waals surface area contributed by atoms with Crippen molar-refractivity contribution in [2.45, 2.75) is 55.5 Å². The Morgan fingerprint density at radius 3 is 2.95 bits per heavy atom. The minimum absolute atomic E-state index is 0.0168. The van der Waals surface area contributed by atoms with Crippen molar-refractivity contribution in [3.05, 3.63) is 41.7 Å². The summed E-state index contributed by atoms with van der Waals surface area (Å²) >= 11 is 0. The molecule has 5 saturated heterocycles. The lowest BCUT2D eigenvalue weighted by Crippen LogP contribution is -2.73. The maximum absolute atomic E-state index is 16.9. The number of anilines is 1. The molecule has 5 fully saturated rings. The van der Waals surface area contributed by atoms with Crippen LogP contribution in [0.4, 0.5) is 14.6 Å². The summed E-state index contributed by atoms with van der Waals surface area (Å²) in [5, 5.41) is 15.8. The van der Waals surface area contributed by atoms with E-state index in [0.717, 1.165) is 25.8 Å². The smallest absolute Gasteiger partial charge is 0.319 e. The van der Waals surface area contributed by atoms with Gasteiger partial charge < -0.3 is 24.8 Å². The number of piperidine rings is 1. The van der Waals surface area contributed by atoms with Gasteiger partial charge in [-0.1, -0.05) is 18.1 Å². The summed E-state index contributed by atoms with van der Waals surface area (Å²) in [6.45, 7) is 2.47. The van der Waals surface area contributed by atoms with Gasteiger partial charge in [-0.15, -0.1) is 6.42 Å². The van der Waals surface area contributed by atoms with Gasteiger partial charge in [-0.2, -0.15) is 9.97 Å². The Bertz CT molecular complexity index is 1910. The number of alkyl halides is 1. The number of hydrogen-bond acceptors (Lipinski definition) is 9. The molecule has 0 amide bonds. The van der Waals surface area contributed by atoms with Crippen molar-refractivity contribution in [1.82, 2.24) is 25.2 Å². The second-order valence-corrected chi connectivity index (χ2v) is 12.8. The first-order chi connectivity index (χ1) is 21.4. The van der Waals surface area contributed by atoms with E-state index in [1.54, 1.807) is 18.2 Å². The zero-order valence-electron chi connectivity index (χ0n) is 23.9. The number of phenolic OH excluding ortho intramolecular Hbond substituents is 1. The van der Waals surface area contributed by atoms with Crippen LogP contribution in [0.5, 0.6) is 17.6 Å². The molecule has 0 spiro atoms. The van der Waals surface area contributed by atoms with Crippen LogP contribution in [-0.4, -0.2) is 87.6 Å². The molecular weight excluding hydrogens is 566 g/mol. The fraction of sp³-hybridized carbons (Fsp3) is 0.424. The topological polar surface area (TPSA) is 95.9 Å². The van der Waals surface area contributed by atoms with Gasteiger partial charge in [0.25, 0.3) is 0 Å². The fourth-order valence-electron chi connectivity index (χ4n) is 8.21. The van der Waals surface area contributed by atoms with E-state index in [1.165, 1.54) is 6.07 Å². The van der Waals surface area contributed by atoms with E-state index in [4.69, 9.17) is 25.9 Å². The number of nitrogens with one attached hydrogen (secondary N) is 1. The number of nitrogens with zero attached hydrogens (tertiary/aromatic N) is 5. The molecular formula is C33H30F2N6O3. The number of piperazine rings is 1. The first-order valence-corrected chi connectivity index (χ1v) is 15.2. The van der Waals surface area contributed by atoms with E-state index < -0.39 is 17.5 Å². The second kappa shape index (κ2) is 9.36. The average molecular weight is 597 g/mol. The number of pyridine rings is 1. The van der Waals surface area contributed by atoms with Crippen molar-refractivity contribution in [2.24, 2.45) is 0 Å². The van der Waals surface area contributed by atoms with Crippen LogP contribution < -0.4 is 19.7 Å². The number of fused-ring (bicyclic) bond motifs is 2. The molecule has 11 heteroatoms. The van der Waals surface area contributed by atoms with Gasteiger partial charge in [0.05, 0.1) is 11.6 Å². The van der Waals surface area contributed by atoms with Crippen molar-refractivity contribution in [2.75, 3.05) is 37.7 Å². The lowest BCUT2D eigenvalue weighted by atomic mass is 9.85. The Morgan fingerprint density at radius 2 is 2.09 bits per heavy atom. The maximum Gasteiger partial charge on any atom is 0.319 e. The lowest BCUT2D eigenvalue weighted by molar-refractivity contribution is 0.107. The van der Waals surface area contributed by atoms with Crippen LogP contribution >= 0.6 is 0 Å². The van der Waals surface area contributed by atoms with Gasteiger partial charge in [-0.25, -0.2) is 13.8 Å². The molecule has 2 aromatic heterocycles. The highest BCUT2D eigenvalue weighted by Crippen LogP contribution is 2.45. The number of benzene rings is 2. The molecule has 10 rings (SSSR count). The monoisotopic (exact) mass is 596 g/mol. The molecule has 6 aliphatic heterocycles. The molecule has 2 bridgehead atoms. The van der Waals surface area contributed by atoms with E-state index in [2.05, 4.69) is 26.0 Å². The van der Waals surface area contributed by atoms with Crippen molar-refractivity contribution in [3.63, 3.8) is 0 Å². The third-order valence-corrected chi connectivity index (χ3v) is 10.2. The summed E-state index contributed by atoms with van der Waals surface area (Å²) in [7, 11) is 0. The van der Waals surface area contributed by atoms with Crippen molar-refractivity contribution >= 4 is 27.5 Å². The third kappa shape index (κ3) is 3.74.